The molecule has 3 aromatic heterocycles. The van der Waals surface area contributed by atoms with Gasteiger partial charge in [-0.1, -0.05) is 19.3 Å². The van der Waals surface area contributed by atoms with Gasteiger partial charge < -0.3 is 14.6 Å². The molecule has 3 aromatic rings. The van der Waals surface area contributed by atoms with Gasteiger partial charge in [-0.05, 0) is 37.5 Å². The SMILES string of the molecule is Cc1c(C(=O)N(C)C2CCCCC2)sc2ncnc(NCc3ccco3)c12. The third kappa shape index (κ3) is 3.56. The molecule has 0 aromatic carbocycles. The van der Waals surface area contributed by atoms with Crippen LogP contribution in [0.15, 0.2) is 29.1 Å². The Kier molecular flexibility index (Phi) is 5.11. The molecule has 6 nitrogen and oxygen atoms in total. The maximum atomic E-state index is 13.1. The minimum absolute atomic E-state index is 0.0967. The van der Waals surface area contributed by atoms with E-state index in [-0.39, 0.29) is 5.91 Å². The average molecular weight is 385 g/mol. The first-order valence-electron chi connectivity index (χ1n) is 9.42. The van der Waals surface area contributed by atoms with Gasteiger partial charge in [-0.2, -0.15) is 0 Å². The van der Waals surface area contributed by atoms with Crippen LogP contribution in [0.1, 0.15) is 53.1 Å². The fourth-order valence-electron chi connectivity index (χ4n) is 3.79. The lowest BCUT2D eigenvalue weighted by molar-refractivity contribution is 0.0700. The van der Waals surface area contributed by atoms with E-state index in [1.165, 1.54) is 30.6 Å². The van der Waals surface area contributed by atoms with Gasteiger partial charge >= 0.3 is 0 Å². The summed E-state index contributed by atoms with van der Waals surface area (Å²) in [5.41, 5.74) is 0.949. The number of furan rings is 1. The molecule has 0 radical (unpaired) electrons. The second kappa shape index (κ2) is 7.68. The summed E-state index contributed by atoms with van der Waals surface area (Å²) >= 11 is 1.46. The first-order valence-corrected chi connectivity index (χ1v) is 10.2. The second-order valence-electron chi connectivity index (χ2n) is 7.10. The first kappa shape index (κ1) is 18.0. The van der Waals surface area contributed by atoms with Crippen molar-refractivity contribution in [3.05, 3.63) is 40.9 Å². The minimum Gasteiger partial charge on any atom is -0.467 e. The average Bonchev–Trinajstić information content (AvgIpc) is 3.34. The highest BCUT2D eigenvalue weighted by molar-refractivity contribution is 7.20. The van der Waals surface area contributed by atoms with Crippen molar-refractivity contribution < 1.29 is 9.21 Å². The summed E-state index contributed by atoms with van der Waals surface area (Å²) in [5, 5.41) is 4.24. The van der Waals surface area contributed by atoms with Crippen LogP contribution in [0.2, 0.25) is 0 Å². The highest BCUT2D eigenvalue weighted by Crippen LogP contribution is 2.35. The molecule has 7 heteroatoms. The Labute approximate surface area is 162 Å². The molecule has 1 amide bonds. The summed E-state index contributed by atoms with van der Waals surface area (Å²) < 4.78 is 5.38. The van der Waals surface area contributed by atoms with Crippen LogP contribution in [0.4, 0.5) is 5.82 Å². The maximum Gasteiger partial charge on any atom is 0.264 e. The molecule has 3 heterocycles. The van der Waals surface area contributed by atoms with Crippen LogP contribution in [0.5, 0.6) is 0 Å². The van der Waals surface area contributed by atoms with Gasteiger partial charge in [0.25, 0.3) is 5.91 Å². The van der Waals surface area contributed by atoms with Crippen molar-refractivity contribution in [2.24, 2.45) is 0 Å². The predicted molar refractivity (Wildman–Crippen MR) is 107 cm³/mol. The van der Waals surface area contributed by atoms with E-state index in [9.17, 15) is 4.79 Å². The van der Waals surface area contributed by atoms with E-state index >= 15 is 0 Å². The summed E-state index contributed by atoms with van der Waals surface area (Å²) in [6, 6.07) is 4.12. The van der Waals surface area contributed by atoms with Crippen molar-refractivity contribution in [2.45, 2.75) is 51.6 Å². The Morgan fingerprint density at radius 3 is 2.89 bits per heavy atom. The predicted octanol–water partition coefficient (Wildman–Crippen LogP) is 4.61. The number of aryl methyl sites for hydroxylation is 1. The Morgan fingerprint density at radius 2 is 2.15 bits per heavy atom. The normalized spacial score (nSPS) is 15.2. The monoisotopic (exact) mass is 384 g/mol. The molecule has 1 aliphatic carbocycles. The van der Waals surface area contributed by atoms with Gasteiger partial charge in [0.15, 0.2) is 0 Å². The number of nitrogens with one attached hydrogen (secondary N) is 1. The molecule has 1 fully saturated rings. The third-order valence-electron chi connectivity index (χ3n) is 5.37. The minimum atomic E-state index is 0.0967. The van der Waals surface area contributed by atoms with E-state index in [1.54, 1.807) is 12.6 Å². The molecule has 0 bridgehead atoms. The van der Waals surface area contributed by atoms with Crippen molar-refractivity contribution in [3.63, 3.8) is 0 Å². The summed E-state index contributed by atoms with van der Waals surface area (Å²) in [6.45, 7) is 2.53. The van der Waals surface area contributed by atoms with E-state index in [1.807, 2.05) is 31.0 Å². The molecule has 1 saturated carbocycles. The van der Waals surface area contributed by atoms with Crippen molar-refractivity contribution in [1.29, 1.82) is 0 Å². The second-order valence-corrected chi connectivity index (χ2v) is 8.10. The van der Waals surface area contributed by atoms with E-state index in [0.717, 1.165) is 45.1 Å². The van der Waals surface area contributed by atoms with Crippen LogP contribution < -0.4 is 5.32 Å². The summed E-state index contributed by atoms with van der Waals surface area (Å²) in [4.78, 5) is 25.5. The van der Waals surface area contributed by atoms with Crippen LogP contribution in [0, 0.1) is 6.92 Å². The number of nitrogens with zero attached hydrogens (tertiary/aromatic N) is 3. The van der Waals surface area contributed by atoms with E-state index in [2.05, 4.69) is 15.3 Å². The molecule has 4 rings (SSSR count). The molecule has 1 N–H and O–H groups in total. The Balaban J connectivity index is 1.61. The maximum absolute atomic E-state index is 13.1. The van der Waals surface area contributed by atoms with Gasteiger partial charge in [-0.25, -0.2) is 9.97 Å². The zero-order valence-electron chi connectivity index (χ0n) is 15.7. The van der Waals surface area contributed by atoms with Gasteiger partial charge in [0.05, 0.1) is 23.1 Å². The van der Waals surface area contributed by atoms with Gasteiger partial charge in [0.1, 0.15) is 22.7 Å². The molecular weight excluding hydrogens is 360 g/mol. The summed E-state index contributed by atoms with van der Waals surface area (Å²) in [7, 11) is 1.93. The smallest absolute Gasteiger partial charge is 0.264 e. The van der Waals surface area contributed by atoms with Gasteiger partial charge in [-0.15, -0.1) is 11.3 Å². The van der Waals surface area contributed by atoms with Crippen molar-refractivity contribution in [2.75, 3.05) is 12.4 Å². The number of carbonyl (C=O) groups is 1. The largest absolute Gasteiger partial charge is 0.467 e. The fourth-order valence-corrected chi connectivity index (χ4v) is 4.92. The van der Waals surface area contributed by atoms with Crippen LogP contribution in [-0.4, -0.2) is 33.9 Å². The standard InChI is InChI=1S/C20H24N4O2S/c1-13-16-18(21-11-15-9-6-10-26-15)22-12-23-19(16)27-17(13)20(25)24(2)14-7-4-3-5-8-14/h6,9-10,12,14H,3-5,7-8,11H2,1-2H3,(H,21,22,23). The Hall–Kier alpha value is -2.41. The zero-order chi connectivity index (χ0) is 18.8. The van der Waals surface area contributed by atoms with Crippen molar-refractivity contribution in [1.82, 2.24) is 14.9 Å². The number of fused-ring (bicyclic) bond motifs is 1. The zero-order valence-corrected chi connectivity index (χ0v) is 16.5. The lowest BCUT2D eigenvalue weighted by Crippen LogP contribution is -2.38. The van der Waals surface area contributed by atoms with E-state index in [4.69, 9.17) is 4.42 Å². The molecule has 0 atom stereocenters. The van der Waals surface area contributed by atoms with Crippen molar-refractivity contribution >= 4 is 33.3 Å². The quantitative estimate of drug-likeness (QED) is 0.695. The van der Waals surface area contributed by atoms with E-state index in [0.29, 0.717) is 12.6 Å². The van der Waals surface area contributed by atoms with Crippen LogP contribution in [0.25, 0.3) is 10.2 Å². The number of rotatable bonds is 5. The third-order valence-corrected chi connectivity index (χ3v) is 6.56. The highest BCUT2D eigenvalue weighted by atomic mass is 32.1. The lowest BCUT2D eigenvalue weighted by Gasteiger charge is -2.31. The number of hydrogen-bond donors (Lipinski definition) is 1. The Morgan fingerprint density at radius 1 is 1.33 bits per heavy atom. The van der Waals surface area contributed by atoms with Crippen LogP contribution in [-0.2, 0) is 6.54 Å². The molecule has 0 spiro atoms. The topological polar surface area (TPSA) is 71.3 Å². The number of hydrogen-bond acceptors (Lipinski definition) is 6. The van der Waals surface area contributed by atoms with Crippen LogP contribution >= 0.6 is 11.3 Å². The summed E-state index contributed by atoms with van der Waals surface area (Å²) in [5.74, 6) is 1.67. The molecule has 0 aliphatic heterocycles. The molecule has 0 unspecified atom stereocenters. The lowest BCUT2D eigenvalue weighted by atomic mass is 9.94. The molecule has 142 valence electrons. The van der Waals surface area contributed by atoms with E-state index < -0.39 is 0 Å². The molecule has 0 saturated heterocycles. The van der Waals surface area contributed by atoms with Gasteiger partial charge in [0.2, 0.25) is 0 Å². The summed E-state index contributed by atoms with van der Waals surface area (Å²) in [6.07, 6.45) is 9.09. The van der Waals surface area contributed by atoms with Crippen LogP contribution in [0.3, 0.4) is 0 Å². The first-order chi connectivity index (χ1) is 13.1. The number of thiophene rings is 1. The van der Waals surface area contributed by atoms with Gasteiger partial charge in [0, 0.05) is 13.1 Å². The van der Waals surface area contributed by atoms with Crippen molar-refractivity contribution in [3.8, 4) is 0 Å². The number of aromatic nitrogens is 2. The Bertz CT molecular complexity index is 929. The highest BCUT2D eigenvalue weighted by Gasteiger charge is 2.27. The molecule has 1 aliphatic rings. The van der Waals surface area contributed by atoms with Gasteiger partial charge in [-0.3, -0.25) is 4.79 Å². The number of amides is 1. The fraction of sp³-hybridized carbons (Fsp3) is 0.450. The number of carbonyl (C=O) groups excluding carboxylic acids is 1. The number of anilines is 1. The molecular formula is C20H24N4O2S. The molecule has 27 heavy (non-hydrogen) atoms.